The zero-order valence-corrected chi connectivity index (χ0v) is 7.88. The van der Waals surface area contributed by atoms with E-state index >= 15 is 0 Å². The first-order valence-corrected chi connectivity index (χ1v) is 4.60. The normalized spacial score (nSPS) is 12.5. The molecule has 1 rings (SSSR count). The Labute approximate surface area is 78.0 Å². The number of alkyl halides is 1. The second-order valence-electron chi connectivity index (χ2n) is 2.74. The van der Waals surface area contributed by atoms with E-state index in [0.29, 0.717) is 11.9 Å². The van der Waals surface area contributed by atoms with Crippen molar-refractivity contribution < 1.29 is 0 Å². The molecule has 0 radical (unpaired) electrons. The minimum Gasteiger partial charge on any atom is -0.368 e. The first kappa shape index (κ1) is 9.33. The third kappa shape index (κ3) is 3.09. The Hall–Kier alpha value is -0.760. The minimum atomic E-state index is 0.386. The molecule has 0 aromatic carbocycles. The van der Waals surface area contributed by atoms with Gasteiger partial charge in [0, 0.05) is 18.1 Å². The van der Waals surface area contributed by atoms with Gasteiger partial charge in [-0.1, -0.05) is 6.07 Å². The Bertz CT molecular complexity index is 213. The van der Waals surface area contributed by atoms with E-state index < -0.39 is 0 Å². The highest BCUT2D eigenvalue weighted by atomic mass is 35.5. The second kappa shape index (κ2) is 4.99. The molecule has 0 aliphatic carbocycles. The molecule has 1 unspecified atom stereocenters. The summed E-state index contributed by atoms with van der Waals surface area (Å²) < 4.78 is 0. The van der Waals surface area contributed by atoms with E-state index in [1.165, 1.54) is 0 Å². The Morgan fingerprint density at radius 2 is 2.42 bits per heavy atom. The summed E-state index contributed by atoms with van der Waals surface area (Å²) in [6.07, 6.45) is 2.73. The van der Waals surface area contributed by atoms with E-state index in [2.05, 4.69) is 17.2 Å². The molecule has 0 aliphatic heterocycles. The topological polar surface area (TPSA) is 24.9 Å². The molecule has 12 heavy (non-hydrogen) atoms. The maximum atomic E-state index is 5.60. The van der Waals surface area contributed by atoms with Crippen molar-refractivity contribution in [3.8, 4) is 0 Å². The molecule has 66 valence electrons. The van der Waals surface area contributed by atoms with Crippen LogP contribution >= 0.6 is 11.6 Å². The number of nitrogens with one attached hydrogen (secondary N) is 1. The van der Waals surface area contributed by atoms with Crippen molar-refractivity contribution in [1.82, 2.24) is 4.98 Å². The zero-order chi connectivity index (χ0) is 8.81. The molecular formula is C9H13ClN2. The summed E-state index contributed by atoms with van der Waals surface area (Å²) in [5.74, 6) is 1.59. The largest absolute Gasteiger partial charge is 0.368 e. The van der Waals surface area contributed by atoms with Crippen molar-refractivity contribution in [2.75, 3.05) is 11.2 Å². The lowest BCUT2D eigenvalue weighted by molar-refractivity contribution is 0.764. The molecule has 1 N–H and O–H groups in total. The van der Waals surface area contributed by atoms with Crippen molar-refractivity contribution in [3.05, 3.63) is 24.4 Å². The zero-order valence-electron chi connectivity index (χ0n) is 7.13. The van der Waals surface area contributed by atoms with Gasteiger partial charge in [0.05, 0.1) is 0 Å². The first-order chi connectivity index (χ1) is 5.83. The molecular weight excluding hydrogens is 172 g/mol. The SMILES string of the molecule is CC(CCCl)Nc1ccccn1. The van der Waals surface area contributed by atoms with Crippen LogP contribution in [0.1, 0.15) is 13.3 Å². The van der Waals surface area contributed by atoms with E-state index in [-0.39, 0.29) is 0 Å². The van der Waals surface area contributed by atoms with Crippen LogP contribution in [0.3, 0.4) is 0 Å². The number of nitrogens with zero attached hydrogens (tertiary/aromatic N) is 1. The monoisotopic (exact) mass is 184 g/mol. The van der Waals surface area contributed by atoms with Crippen LogP contribution < -0.4 is 5.32 Å². The van der Waals surface area contributed by atoms with E-state index in [9.17, 15) is 0 Å². The quantitative estimate of drug-likeness (QED) is 0.728. The molecule has 0 saturated carbocycles. The Balaban J connectivity index is 2.41. The third-order valence-electron chi connectivity index (χ3n) is 1.60. The van der Waals surface area contributed by atoms with Crippen LogP contribution in [0.2, 0.25) is 0 Å². The minimum absolute atomic E-state index is 0.386. The predicted molar refractivity (Wildman–Crippen MR) is 52.7 cm³/mol. The fourth-order valence-corrected chi connectivity index (χ4v) is 1.26. The highest BCUT2D eigenvalue weighted by Crippen LogP contribution is 2.04. The van der Waals surface area contributed by atoms with Crippen LogP contribution in [-0.2, 0) is 0 Å². The van der Waals surface area contributed by atoms with Crippen molar-refractivity contribution >= 4 is 17.4 Å². The smallest absolute Gasteiger partial charge is 0.126 e. The summed E-state index contributed by atoms with van der Waals surface area (Å²) >= 11 is 5.60. The molecule has 0 spiro atoms. The summed E-state index contributed by atoms with van der Waals surface area (Å²) in [5, 5.41) is 3.25. The molecule has 1 aromatic rings. The van der Waals surface area contributed by atoms with Gasteiger partial charge >= 0.3 is 0 Å². The summed E-state index contributed by atoms with van der Waals surface area (Å²) in [7, 11) is 0. The van der Waals surface area contributed by atoms with Crippen LogP contribution in [0.25, 0.3) is 0 Å². The highest BCUT2D eigenvalue weighted by Gasteiger charge is 1.99. The Kier molecular flexibility index (Phi) is 3.88. The Morgan fingerprint density at radius 3 is 3.00 bits per heavy atom. The fourth-order valence-electron chi connectivity index (χ4n) is 0.936. The average Bonchev–Trinajstić information content (AvgIpc) is 2.06. The second-order valence-corrected chi connectivity index (χ2v) is 3.12. The fraction of sp³-hybridized carbons (Fsp3) is 0.444. The number of halogens is 1. The van der Waals surface area contributed by atoms with Crippen LogP contribution in [0.4, 0.5) is 5.82 Å². The number of pyridine rings is 1. The summed E-state index contributed by atoms with van der Waals surface area (Å²) in [4.78, 5) is 4.15. The Morgan fingerprint density at radius 1 is 1.58 bits per heavy atom. The molecule has 2 nitrogen and oxygen atoms in total. The molecule has 1 aromatic heterocycles. The maximum absolute atomic E-state index is 5.60. The molecule has 0 bridgehead atoms. The first-order valence-electron chi connectivity index (χ1n) is 4.06. The lowest BCUT2D eigenvalue weighted by Gasteiger charge is -2.11. The van der Waals surface area contributed by atoms with E-state index in [1.807, 2.05) is 18.2 Å². The average molecular weight is 185 g/mol. The summed E-state index contributed by atoms with van der Waals surface area (Å²) in [6, 6.07) is 6.20. The highest BCUT2D eigenvalue weighted by molar-refractivity contribution is 6.17. The van der Waals surface area contributed by atoms with E-state index in [1.54, 1.807) is 6.20 Å². The summed E-state index contributed by atoms with van der Waals surface area (Å²) in [5.41, 5.74) is 0. The molecule has 0 amide bonds. The number of rotatable bonds is 4. The molecule has 0 aliphatic rings. The van der Waals surface area contributed by atoms with Gasteiger partial charge in [-0.05, 0) is 25.5 Å². The van der Waals surface area contributed by atoms with Crippen LogP contribution in [-0.4, -0.2) is 16.9 Å². The van der Waals surface area contributed by atoms with E-state index in [0.717, 1.165) is 12.2 Å². The number of anilines is 1. The van der Waals surface area contributed by atoms with Gasteiger partial charge < -0.3 is 5.32 Å². The van der Waals surface area contributed by atoms with Gasteiger partial charge in [0.2, 0.25) is 0 Å². The molecule has 1 heterocycles. The predicted octanol–water partition coefficient (Wildman–Crippen LogP) is 2.51. The van der Waals surface area contributed by atoms with Crippen LogP contribution in [0.5, 0.6) is 0 Å². The molecule has 0 saturated heterocycles. The lowest BCUT2D eigenvalue weighted by atomic mass is 10.2. The van der Waals surface area contributed by atoms with E-state index in [4.69, 9.17) is 11.6 Å². The lowest BCUT2D eigenvalue weighted by Crippen LogP contribution is -2.16. The van der Waals surface area contributed by atoms with Crippen molar-refractivity contribution in [2.45, 2.75) is 19.4 Å². The van der Waals surface area contributed by atoms with Gasteiger partial charge in [-0.2, -0.15) is 0 Å². The van der Waals surface area contributed by atoms with Gasteiger partial charge in [0.1, 0.15) is 5.82 Å². The van der Waals surface area contributed by atoms with Crippen molar-refractivity contribution in [3.63, 3.8) is 0 Å². The van der Waals surface area contributed by atoms with Gasteiger partial charge in [0.25, 0.3) is 0 Å². The van der Waals surface area contributed by atoms with Gasteiger partial charge in [-0.3, -0.25) is 0 Å². The van der Waals surface area contributed by atoms with Gasteiger partial charge in [0.15, 0.2) is 0 Å². The van der Waals surface area contributed by atoms with Crippen LogP contribution in [0.15, 0.2) is 24.4 Å². The molecule has 0 fully saturated rings. The summed E-state index contributed by atoms with van der Waals surface area (Å²) in [6.45, 7) is 2.09. The molecule has 1 atom stereocenters. The van der Waals surface area contributed by atoms with Crippen molar-refractivity contribution in [2.24, 2.45) is 0 Å². The standard InChI is InChI=1S/C9H13ClN2/c1-8(5-6-10)12-9-4-2-3-7-11-9/h2-4,7-8H,5-6H2,1H3,(H,11,12). The maximum Gasteiger partial charge on any atom is 0.126 e. The molecule has 3 heteroatoms. The van der Waals surface area contributed by atoms with Gasteiger partial charge in [-0.25, -0.2) is 4.98 Å². The van der Waals surface area contributed by atoms with Gasteiger partial charge in [-0.15, -0.1) is 11.6 Å². The van der Waals surface area contributed by atoms with Crippen LogP contribution in [0, 0.1) is 0 Å². The third-order valence-corrected chi connectivity index (χ3v) is 1.82. The number of hydrogen-bond acceptors (Lipinski definition) is 2. The number of hydrogen-bond donors (Lipinski definition) is 1. The van der Waals surface area contributed by atoms with Crippen molar-refractivity contribution in [1.29, 1.82) is 0 Å². The number of aromatic nitrogens is 1.